The van der Waals surface area contributed by atoms with Gasteiger partial charge >= 0.3 is 12.1 Å². The summed E-state index contributed by atoms with van der Waals surface area (Å²) in [6, 6.07) is 0. The molecule has 1 rings (SSSR count). The van der Waals surface area contributed by atoms with Gasteiger partial charge in [-0.25, -0.2) is 9.59 Å². The van der Waals surface area contributed by atoms with Crippen LogP contribution in [0.25, 0.3) is 0 Å². The second-order valence-corrected chi connectivity index (χ2v) is 5.65. The van der Waals surface area contributed by atoms with Crippen molar-refractivity contribution >= 4 is 12.1 Å². The number of carbonyl (C=O) groups is 2. The largest absolute Gasteiger partial charge is 0.478 e. The SMILES string of the molecule is C=C(CN1CCN(C(=O)OC(C)(C)C)CC1)C(=O)O. The van der Waals surface area contributed by atoms with Crippen LogP contribution in [0.15, 0.2) is 12.2 Å². The first-order chi connectivity index (χ1) is 8.69. The number of piperazine rings is 1. The molecule has 1 aliphatic rings. The molecule has 0 aliphatic carbocycles. The number of amides is 1. The molecule has 0 unspecified atom stereocenters. The van der Waals surface area contributed by atoms with E-state index in [4.69, 9.17) is 9.84 Å². The van der Waals surface area contributed by atoms with Crippen LogP contribution in [0.3, 0.4) is 0 Å². The van der Waals surface area contributed by atoms with E-state index in [-0.39, 0.29) is 11.7 Å². The number of hydrogen-bond donors (Lipinski definition) is 1. The summed E-state index contributed by atoms with van der Waals surface area (Å²) in [7, 11) is 0. The summed E-state index contributed by atoms with van der Waals surface area (Å²) in [5.41, 5.74) is -0.322. The predicted octanol–water partition coefficient (Wildman–Crippen LogP) is 1.18. The summed E-state index contributed by atoms with van der Waals surface area (Å²) in [6.45, 7) is 11.7. The van der Waals surface area contributed by atoms with Crippen molar-refractivity contribution in [3.05, 3.63) is 12.2 Å². The fraction of sp³-hybridized carbons (Fsp3) is 0.692. The highest BCUT2D eigenvalue weighted by atomic mass is 16.6. The Balaban J connectivity index is 2.39. The molecule has 1 saturated heterocycles. The van der Waals surface area contributed by atoms with Crippen LogP contribution in [-0.2, 0) is 9.53 Å². The van der Waals surface area contributed by atoms with E-state index in [1.54, 1.807) is 4.90 Å². The van der Waals surface area contributed by atoms with Gasteiger partial charge in [0.1, 0.15) is 5.60 Å². The van der Waals surface area contributed by atoms with Crippen LogP contribution >= 0.6 is 0 Å². The molecule has 1 N–H and O–H groups in total. The number of rotatable bonds is 3. The number of aliphatic carboxylic acids is 1. The van der Waals surface area contributed by atoms with Gasteiger partial charge in [0.25, 0.3) is 0 Å². The third-order valence-electron chi connectivity index (χ3n) is 2.74. The summed E-state index contributed by atoms with van der Waals surface area (Å²) < 4.78 is 5.29. The molecule has 1 heterocycles. The zero-order chi connectivity index (χ0) is 14.6. The van der Waals surface area contributed by atoms with E-state index in [9.17, 15) is 9.59 Å². The Labute approximate surface area is 113 Å². The maximum absolute atomic E-state index is 11.8. The Bertz CT molecular complexity index is 365. The molecule has 1 amide bonds. The zero-order valence-electron chi connectivity index (χ0n) is 11.8. The summed E-state index contributed by atoms with van der Waals surface area (Å²) in [6.07, 6.45) is -0.316. The average Bonchev–Trinajstić information content (AvgIpc) is 2.27. The summed E-state index contributed by atoms with van der Waals surface area (Å²) in [5, 5.41) is 8.77. The number of ether oxygens (including phenoxy) is 1. The zero-order valence-corrected chi connectivity index (χ0v) is 11.8. The molecule has 0 atom stereocenters. The molecule has 1 aliphatic heterocycles. The minimum absolute atomic E-state index is 0.172. The van der Waals surface area contributed by atoms with Crippen LogP contribution in [0.5, 0.6) is 0 Å². The minimum Gasteiger partial charge on any atom is -0.478 e. The van der Waals surface area contributed by atoms with E-state index in [1.807, 2.05) is 25.7 Å². The summed E-state index contributed by atoms with van der Waals surface area (Å²) >= 11 is 0. The third kappa shape index (κ3) is 5.30. The summed E-state index contributed by atoms with van der Waals surface area (Å²) in [4.78, 5) is 26.1. The second kappa shape index (κ2) is 6.06. The number of carbonyl (C=O) groups excluding carboxylic acids is 1. The van der Waals surface area contributed by atoms with Crippen molar-refractivity contribution in [3.8, 4) is 0 Å². The lowest BCUT2D eigenvalue weighted by molar-refractivity contribution is -0.133. The number of carboxylic acid groups (broad SMARTS) is 1. The first-order valence-corrected chi connectivity index (χ1v) is 6.30. The standard InChI is InChI=1S/C13H22N2O4/c1-10(11(16)17)9-14-5-7-15(8-6-14)12(18)19-13(2,3)4/h1,5-9H2,2-4H3,(H,16,17). The quantitative estimate of drug-likeness (QED) is 0.780. The highest BCUT2D eigenvalue weighted by Gasteiger charge is 2.26. The lowest BCUT2D eigenvalue weighted by atomic mass is 10.2. The van der Waals surface area contributed by atoms with E-state index in [0.717, 1.165) is 0 Å². The summed E-state index contributed by atoms with van der Waals surface area (Å²) in [5.74, 6) is -0.977. The normalized spacial score (nSPS) is 17.1. The Morgan fingerprint density at radius 1 is 1.21 bits per heavy atom. The highest BCUT2D eigenvalue weighted by Crippen LogP contribution is 2.12. The maximum atomic E-state index is 11.8. The minimum atomic E-state index is -0.977. The van der Waals surface area contributed by atoms with E-state index in [2.05, 4.69) is 6.58 Å². The fourth-order valence-corrected chi connectivity index (χ4v) is 1.75. The van der Waals surface area contributed by atoms with Gasteiger partial charge in [0.2, 0.25) is 0 Å². The molecule has 0 aromatic heterocycles. The molecule has 6 nitrogen and oxygen atoms in total. The van der Waals surface area contributed by atoms with Gasteiger partial charge in [-0.2, -0.15) is 0 Å². The molecule has 0 bridgehead atoms. The molecular weight excluding hydrogens is 248 g/mol. The van der Waals surface area contributed by atoms with Crippen molar-refractivity contribution in [1.29, 1.82) is 0 Å². The van der Waals surface area contributed by atoms with Crippen molar-refractivity contribution in [2.24, 2.45) is 0 Å². The molecule has 0 radical (unpaired) electrons. The lowest BCUT2D eigenvalue weighted by Gasteiger charge is -2.35. The van der Waals surface area contributed by atoms with Crippen molar-refractivity contribution in [1.82, 2.24) is 9.80 Å². The first-order valence-electron chi connectivity index (χ1n) is 6.30. The van der Waals surface area contributed by atoms with E-state index in [1.165, 1.54) is 0 Å². The van der Waals surface area contributed by atoms with Crippen molar-refractivity contribution in [3.63, 3.8) is 0 Å². The van der Waals surface area contributed by atoms with Gasteiger partial charge in [-0.15, -0.1) is 0 Å². The molecule has 0 aromatic rings. The van der Waals surface area contributed by atoms with Crippen molar-refractivity contribution in [2.45, 2.75) is 26.4 Å². The smallest absolute Gasteiger partial charge is 0.410 e. The number of carboxylic acids is 1. The van der Waals surface area contributed by atoms with Crippen LogP contribution in [0.4, 0.5) is 4.79 Å². The number of hydrogen-bond acceptors (Lipinski definition) is 4. The van der Waals surface area contributed by atoms with Crippen molar-refractivity contribution < 1.29 is 19.4 Å². The van der Waals surface area contributed by atoms with Crippen molar-refractivity contribution in [2.75, 3.05) is 32.7 Å². The van der Waals surface area contributed by atoms with Gasteiger partial charge in [0.05, 0.1) is 0 Å². The van der Waals surface area contributed by atoms with Crippen LogP contribution < -0.4 is 0 Å². The molecule has 0 aromatic carbocycles. The Morgan fingerprint density at radius 3 is 2.16 bits per heavy atom. The van der Waals surface area contributed by atoms with Crippen LogP contribution in [0.2, 0.25) is 0 Å². The molecule has 0 saturated carbocycles. The van der Waals surface area contributed by atoms with Gasteiger partial charge < -0.3 is 14.7 Å². The maximum Gasteiger partial charge on any atom is 0.410 e. The van der Waals surface area contributed by atoms with Gasteiger partial charge in [0, 0.05) is 38.3 Å². The molecule has 0 spiro atoms. The fourth-order valence-electron chi connectivity index (χ4n) is 1.75. The van der Waals surface area contributed by atoms with Gasteiger partial charge in [-0.1, -0.05) is 6.58 Å². The van der Waals surface area contributed by atoms with Gasteiger partial charge in [-0.05, 0) is 20.8 Å². The number of nitrogens with zero attached hydrogens (tertiary/aromatic N) is 2. The molecule has 6 heteroatoms. The Hall–Kier alpha value is -1.56. The van der Waals surface area contributed by atoms with E-state index >= 15 is 0 Å². The topological polar surface area (TPSA) is 70.1 Å². The highest BCUT2D eigenvalue weighted by molar-refractivity contribution is 5.86. The lowest BCUT2D eigenvalue weighted by Crippen LogP contribution is -2.50. The Morgan fingerprint density at radius 2 is 1.74 bits per heavy atom. The van der Waals surface area contributed by atoms with E-state index in [0.29, 0.717) is 32.7 Å². The molecule has 1 fully saturated rings. The first kappa shape index (κ1) is 15.5. The van der Waals surface area contributed by atoms with Crippen LogP contribution in [0, 0.1) is 0 Å². The second-order valence-electron chi connectivity index (χ2n) is 5.65. The van der Waals surface area contributed by atoms with Crippen LogP contribution in [0.1, 0.15) is 20.8 Å². The van der Waals surface area contributed by atoms with Gasteiger partial charge in [-0.3, -0.25) is 4.90 Å². The van der Waals surface area contributed by atoms with Crippen LogP contribution in [-0.4, -0.2) is 65.3 Å². The van der Waals surface area contributed by atoms with E-state index < -0.39 is 11.6 Å². The average molecular weight is 270 g/mol. The predicted molar refractivity (Wildman–Crippen MR) is 71.0 cm³/mol. The molecular formula is C13H22N2O4. The molecule has 108 valence electrons. The third-order valence-corrected chi connectivity index (χ3v) is 2.74. The van der Waals surface area contributed by atoms with Gasteiger partial charge in [0.15, 0.2) is 0 Å². The monoisotopic (exact) mass is 270 g/mol. The molecule has 19 heavy (non-hydrogen) atoms. The Kier molecular flexibility index (Phi) is 4.94.